The maximum absolute atomic E-state index is 13.4. The number of rotatable bonds is 9. The largest absolute Gasteiger partial charge is 0.489 e. The van der Waals surface area contributed by atoms with Crippen LogP contribution in [0.4, 0.5) is 4.79 Å². The first-order valence-electron chi connectivity index (χ1n) is 14.2. The second-order valence-electron chi connectivity index (χ2n) is 11.2. The smallest absolute Gasteiger partial charge is 0.408 e. The summed E-state index contributed by atoms with van der Waals surface area (Å²) in [5.41, 5.74) is 2.29. The lowest BCUT2D eigenvalue weighted by atomic mass is 10.0. The van der Waals surface area contributed by atoms with Crippen molar-refractivity contribution in [2.75, 3.05) is 0 Å². The first-order valence-corrected chi connectivity index (χ1v) is 14.2. The molecular formula is C36H33NO7. The van der Waals surface area contributed by atoms with Gasteiger partial charge in [0, 0.05) is 23.9 Å². The van der Waals surface area contributed by atoms with Crippen molar-refractivity contribution in [3.63, 3.8) is 0 Å². The van der Waals surface area contributed by atoms with Crippen molar-refractivity contribution in [1.29, 1.82) is 0 Å². The van der Waals surface area contributed by atoms with E-state index in [1.807, 2.05) is 84.9 Å². The van der Waals surface area contributed by atoms with Crippen LogP contribution in [0.15, 0.2) is 118 Å². The molecule has 8 nitrogen and oxygen atoms in total. The summed E-state index contributed by atoms with van der Waals surface area (Å²) in [5.74, 6) is 0.235. The molecule has 0 radical (unpaired) electrons. The Kier molecular flexibility index (Phi) is 9.09. The van der Waals surface area contributed by atoms with Crippen LogP contribution in [0.2, 0.25) is 0 Å². The number of hydrogen-bond donors (Lipinski definition) is 1. The number of para-hydroxylation sites is 1. The maximum Gasteiger partial charge on any atom is 0.408 e. The van der Waals surface area contributed by atoms with Gasteiger partial charge in [-0.05, 0) is 67.3 Å². The first kappa shape index (κ1) is 30.1. The molecule has 0 aliphatic carbocycles. The Hall–Kier alpha value is -5.37. The Labute approximate surface area is 255 Å². The summed E-state index contributed by atoms with van der Waals surface area (Å²) in [6.45, 7) is 5.60. The van der Waals surface area contributed by atoms with E-state index in [0.717, 1.165) is 22.4 Å². The van der Waals surface area contributed by atoms with Crippen LogP contribution in [0, 0.1) is 0 Å². The van der Waals surface area contributed by atoms with Gasteiger partial charge >= 0.3 is 17.7 Å². The Bertz CT molecular complexity index is 1790. The summed E-state index contributed by atoms with van der Waals surface area (Å²) < 4.78 is 22.3. The van der Waals surface area contributed by atoms with Crippen LogP contribution >= 0.6 is 0 Å². The molecule has 0 aliphatic rings. The Morgan fingerprint density at radius 1 is 0.795 bits per heavy atom. The van der Waals surface area contributed by atoms with Gasteiger partial charge in [0.2, 0.25) is 0 Å². The van der Waals surface area contributed by atoms with Gasteiger partial charge in [-0.2, -0.15) is 0 Å². The molecule has 0 aliphatic heterocycles. The molecule has 1 atom stereocenters. The number of carbonyl (C=O) groups excluding carboxylic acids is 2. The van der Waals surface area contributed by atoms with Gasteiger partial charge in [-0.25, -0.2) is 14.4 Å². The molecule has 44 heavy (non-hydrogen) atoms. The van der Waals surface area contributed by atoms with E-state index in [1.54, 1.807) is 32.9 Å². The van der Waals surface area contributed by atoms with Gasteiger partial charge in [0.25, 0.3) is 0 Å². The van der Waals surface area contributed by atoms with Gasteiger partial charge < -0.3 is 23.9 Å². The Morgan fingerprint density at radius 2 is 1.45 bits per heavy atom. The normalized spacial score (nSPS) is 11.9. The highest BCUT2D eigenvalue weighted by Crippen LogP contribution is 2.30. The lowest BCUT2D eigenvalue weighted by Gasteiger charge is -2.23. The number of nitrogens with one attached hydrogen (secondary N) is 1. The van der Waals surface area contributed by atoms with E-state index in [0.29, 0.717) is 17.6 Å². The van der Waals surface area contributed by atoms with Crippen molar-refractivity contribution >= 4 is 23.0 Å². The van der Waals surface area contributed by atoms with Gasteiger partial charge in [-0.3, -0.25) is 0 Å². The Morgan fingerprint density at radius 3 is 2.14 bits per heavy atom. The summed E-state index contributed by atoms with van der Waals surface area (Å²) in [6, 6.07) is 31.8. The first-order chi connectivity index (χ1) is 21.1. The highest BCUT2D eigenvalue weighted by Gasteiger charge is 2.27. The number of ether oxygens (including phenoxy) is 3. The van der Waals surface area contributed by atoms with Gasteiger partial charge in [0.15, 0.2) is 0 Å². The molecule has 1 N–H and O–H groups in total. The van der Waals surface area contributed by atoms with Crippen molar-refractivity contribution < 1.29 is 28.2 Å². The number of benzene rings is 4. The number of fused-ring (bicyclic) bond motifs is 1. The second kappa shape index (κ2) is 13.3. The molecule has 0 saturated carbocycles. The number of amides is 1. The van der Waals surface area contributed by atoms with E-state index in [-0.39, 0.29) is 17.8 Å². The van der Waals surface area contributed by atoms with Crippen molar-refractivity contribution in [2.45, 2.75) is 45.4 Å². The molecule has 4 aromatic carbocycles. The lowest BCUT2D eigenvalue weighted by Crippen LogP contribution is -2.46. The quantitative estimate of drug-likeness (QED) is 0.111. The zero-order chi connectivity index (χ0) is 31.1. The highest BCUT2D eigenvalue weighted by atomic mass is 16.6. The van der Waals surface area contributed by atoms with Gasteiger partial charge in [0.05, 0.1) is 0 Å². The van der Waals surface area contributed by atoms with Crippen molar-refractivity contribution in [1.82, 2.24) is 5.32 Å². The molecule has 0 saturated heterocycles. The van der Waals surface area contributed by atoms with Crippen LogP contribution in [0.1, 0.15) is 31.9 Å². The van der Waals surface area contributed by atoms with E-state index in [2.05, 4.69) is 5.32 Å². The third kappa shape index (κ3) is 8.13. The molecule has 1 unspecified atom stereocenters. The zero-order valence-electron chi connectivity index (χ0n) is 24.7. The molecule has 1 aromatic heterocycles. The van der Waals surface area contributed by atoms with Crippen LogP contribution in [-0.2, 0) is 22.6 Å². The van der Waals surface area contributed by atoms with Crippen LogP contribution in [-0.4, -0.2) is 23.7 Å². The molecule has 0 spiro atoms. The minimum absolute atomic E-state index is 0.152. The topological polar surface area (TPSA) is 104 Å². The summed E-state index contributed by atoms with van der Waals surface area (Å²) in [7, 11) is 0. The fourth-order valence-electron chi connectivity index (χ4n) is 4.58. The minimum atomic E-state index is -1.06. The van der Waals surface area contributed by atoms with Gasteiger partial charge in [-0.15, -0.1) is 0 Å². The second-order valence-corrected chi connectivity index (χ2v) is 11.2. The van der Waals surface area contributed by atoms with E-state index < -0.39 is 29.3 Å². The molecule has 8 heteroatoms. The van der Waals surface area contributed by atoms with Crippen LogP contribution in [0.5, 0.6) is 11.5 Å². The minimum Gasteiger partial charge on any atom is -0.489 e. The maximum atomic E-state index is 13.4. The SMILES string of the molecule is CC(C)(C)OC(=O)NC(Cc1ccc(COc2ccccc2)cc1)C(=O)Oc1ccc2c(-c3ccccc3)cc(=O)oc2c1. The number of hydrogen-bond acceptors (Lipinski definition) is 7. The summed E-state index contributed by atoms with van der Waals surface area (Å²) in [5, 5.41) is 3.34. The van der Waals surface area contributed by atoms with Crippen molar-refractivity contribution in [3.05, 3.63) is 131 Å². The molecule has 1 amide bonds. The molecule has 1 heterocycles. The molecule has 5 aromatic rings. The lowest BCUT2D eigenvalue weighted by molar-refractivity contribution is -0.136. The monoisotopic (exact) mass is 591 g/mol. The molecule has 224 valence electrons. The number of alkyl carbamates (subject to hydrolysis) is 1. The van der Waals surface area contributed by atoms with Gasteiger partial charge in [-0.1, -0.05) is 72.8 Å². The fraction of sp³-hybridized carbons (Fsp3) is 0.194. The summed E-state index contributed by atoms with van der Waals surface area (Å²) >= 11 is 0. The predicted molar refractivity (Wildman–Crippen MR) is 168 cm³/mol. The van der Waals surface area contributed by atoms with Crippen LogP contribution < -0.4 is 20.4 Å². The van der Waals surface area contributed by atoms with Crippen LogP contribution in [0.3, 0.4) is 0 Å². The van der Waals surface area contributed by atoms with Crippen LogP contribution in [0.25, 0.3) is 22.1 Å². The number of carbonyl (C=O) groups is 2. The average molecular weight is 592 g/mol. The van der Waals surface area contributed by atoms with Gasteiger partial charge in [0.1, 0.15) is 35.3 Å². The number of esters is 1. The fourth-order valence-corrected chi connectivity index (χ4v) is 4.58. The third-order valence-electron chi connectivity index (χ3n) is 6.61. The molecular weight excluding hydrogens is 558 g/mol. The van der Waals surface area contributed by atoms with E-state index in [1.165, 1.54) is 12.1 Å². The summed E-state index contributed by atoms with van der Waals surface area (Å²) in [6.07, 6.45) is -0.594. The zero-order valence-corrected chi connectivity index (χ0v) is 24.7. The highest BCUT2D eigenvalue weighted by molar-refractivity contribution is 5.94. The third-order valence-corrected chi connectivity index (χ3v) is 6.61. The van der Waals surface area contributed by atoms with E-state index in [4.69, 9.17) is 18.6 Å². The van der Waals surface area contributed by atoms with E-state index >= 15 is 0 Å². The van der Waals surface area contributed by atoms with Crippen molar-refractivity contribution in [3.8, 4) is 22.6 Å². The molecule has 0 bridgehead atoms. The Balaban J connectivity index is 1.34. The van der Waals surface area contributed by atoms with E-state index in [9.17, 15) is 14.4 Å². The average Bonchev–Trinajstić information content (AvgIpc) is 3.00. The predicted octanol–water partition coefficient (Wildman–Crippen LogP) is 7.08. The molecule has 0 fully saturated rings. The standard InChI is InChI=1S/C36H33NO7/c1-36(2,3)44-35(40)37-31(20-24-14-16-25(17-15-24)23-41-27-12-8-5-9-13-27)34(39)42-28-18-19-29-30(26-10-6-4-7-11-26)22-33(38)43-32(29)21-28/h4-19,21-22,31H,20,23H2,1-3H3,(H,37,40). The summed E-state index contributed by atoms with van der Waals surface area (Å²) in [4.78, 5) is 38.4. The van der Waals surface area contributed by atoms with Crippen molar-refractivity contribution in [2.24, 2.45) is 0 Å². The molecule has 5 rings (SSSR count).